The number of nitrogens with two attached hydrogens (primary N) is 1. The minimum atomic E-state index is -0.0846. The van der Waals surface area contributed by atoms with Crippen molar-refractivity contribution in [1.82, 2.24) is 9.88 Å². The van der Waals surface area contributed by atoms with Gasteiger partial charge in [0, 0.05) is 32.9 Å². The molecule has 1 heterocycles. The van der Waals surface area contributed by atoms with Gasteiger partial charge in [-0.05, 0) is 30.4 Å². The molecule has 0 bridgehead atoms. The number of ether oxygens (including phenoxy) is 1. The topological polar surface area (TPSA) is 68.5 Å². The van der Waals surface area contributed by atoms with Gasteiger partial charge in [0.05, 0.1) is 6.61 Å². The van der Waals surface area contributed by atoms with E-state index in [0.717, 1.165) is 18.1 Å². The highest BCUT2D eigenvalue weighted by atomic mass is 16.5. The Labute approximate surface area is 113 Å². The van der Waals surface area contributed by atoms with Gasteiger partial charge in [-0.25, -0.2) is 0 Å². The largest absolute Gasteiger partial charge is 0.379 e. The SMILES string of the molecule is CN(CCOCC1CC1)C(=O)c1ccc(CN)cn1. The van der Waals surface area contributed by atoms with Crippen molar-refractivity contribution < 1.29 is 9.53 Å². The summed E-state index contributed by atoms with van der Waals surface area (Å²) in [5.74, 6) is 0.671. The predicted octanol–water partition coefficient (Wildman–Crippen LogP) is 1.04. The zero-order valence-corrected chi connectivity index (χ0v) is 11.3. The van der Waals surface area contributed by atoms with Crippen molar-refractivity contribution in [2.45, 2.75) is 19.4 Å². The van der Waals surface area contributed by atoms with Crippen LogP contribution < -0.4 is 5.73 Å². The first-order valence-corrected chi connectivity index (χ1v) is 6.69. The van der Waals surface area contributed by atoms with E-state index in [1.54, 1.807) is 24.2 Å². The number of rotatable bonds is 7. The first kappa shape index (κ1) is 14.0. The quantitative estimate of drug-likeness (QED) is 0.746. The lowest BCUT2D eigenvalue weighted by Gasteiger charge is -2.16. The Morgan fingerprint density at radius 1 is 1.53 bits per heavy atom. The van der Waals surface area contributed by atoms with E-state index in [0.29, 0.717) is 25.4 Å². The number of pyridine rings is 1. The summed E-state index contributed by atoms with van der Waals surface area (Å²) in [7, 11) is 1.77. The summed E-state index contributed by atoms with van der Waals surface area (Å²) in [4.78, 5) is 17.8. The Bertz CT molecular complexity index is 415. The van der Waals surface area contributed by atoms with E-state index >= 15 is 0 Å². The Hall–Kier alpha value is -1.46. The fourth-order valence-corrected chi connectivity index (χ4v) is 1.70. The van der Waals surface area contributed by atoms with Crippen LogP contribution in [0.3, 0.4) is 0 Å². The molecule has 5 heteroatoms. The standard InChI is InChI=1S/C14H21N3O2/c1-17(6-7-19-10-11-2-3-11)14(18)13-5-4-12(8-15)9-16-13/h4-5,9,11H,2-3,6-8,10,15H2,1H3. The number of carbonyl (C=O) groups is 1. The van der Waals surface area contributed by atoms with Crippen molar-refractivity contribution >= 4 is 5.91 Å². The molecular weight excluding hydrogens is 242 g/mol. The number of carbonyl (C=O) groups excluding carboxylic acids is 1. The van der Waals surface area contributed by atoms with E-state index in [2.05, 4.69) is 4.98 Å². The fourth-order valence-electron chi connectivity index (χ4n) is 1.70. The molecular formula is C14H21N3O2. The van der Waals surface area contributed by atoms with Gasteiger partial charge >= 0.3 is 0 Å². The molecule has 0 spiro atoms. The molecule has 0 aromatic carbocycles. The molecule has 0 aliphatic heterocycles. The molecule has 1 fully saturated rings. The monoisotopic (exact) mass is 263 g/mol. The summed E-state index contributed by atoms with van der Waals surface area (Å²) in [5, 5.41) is 0. The van der Waals surface area contributed by atoms with Crippen LogP contribution in [0.1, 0.15) is 28.9 Å². The smallest absolute Gasteiger partial charge is 0.272 e. The van der Waals surface area contributed by atoms with Crippen LogP contribution in [0, 0.1) is 5.92 Å². The Balaban J connectivity index is 1.76. The highest BCUT2D eigenvalue weighted by Crippen LogP contribution is 2.28. The predicted molar refractivity (Wildman–Crippen MR) is 72.6 cm³/mol. The normalized spacial score (nSPS) is 14.4. The molecule has 5 nitrogen and oxygen atoms in total. The highest BCUT2D eigenvalue weighted by molar-refractivity contribution is 5.92. The van der Waals surface area contributed by atoms with E-state index in [9.17, 15) is 4.79 Å². The number of hydrogen-bond acceptors (Lipinski definition) is 4. The summed E-state index contributed by atoms with van der Waals surface area (Å²) in [6.07, 6.45) is 4.21. The summed E-state index contributed by atoms with van der Waals surface area (Å²) in [5.41, 5.74) is 6.86. The van der Waals surface area contributed by atoms with E-state index in [-0.39, 0.29) is 5.91 Å². The Morgan fingerprint density at radius 3 is 2.89 bits per heavy atom. The van der Waals surface area contributed by atoms with Crippen LogP contribution >= 0.6 is 0 Å². The van der Waals surface area contributed by atoms with E-state index in [1.807, 2.05) is 6.07 Å². The summed E-state index contributed by atoms with van der Waals surface area (Å²) in [6, 6.07) is 3.55. The lowest BCUT2D eigenvalue weighted by atomic mass is 10.2. The molecule has 19 heavy (non-hydrogen) atoms. The molecule has 1 saturated carbocycles. The van der Waals surface area contributed by atoms with Crippen LogP contribution in [-0.4, -0.2) is 42.6 Å². The van der Waals surface area contributed by atoms with Crippen molar-refractivity contribution in [1.29, 1.82) is 0 Å². The lowest BCUT2D eigenvalue weighted by Crippen LogP contribution is -2.31. The summed E-state index contributed by atoms with van der Waals surface area (Å²) < 4.78 is 5.52. The van der Waals surface area contributed by atoms with Crippen molar-refractivity contribution in [3.05, 3.63) is 29.6 Å². The zero-order valence-electron chi connectivity index (χ0n) is 11.3. The number of amides is 1. The number of hydrogen-bond donors (Lipinski definition) is 1. The van der Waals surface area contributed by atoms with Crippen LogP contribution in [0.2, 0.25) is 0 Å². The van der Waals surface area contributed by atoms with E-state index in [1.165, 1.54) is 12.8 Å². The first-order valence-electron chi connectivity index (χ1n) is 6.69. The average Bonchev–Trinajstić information content (AvgIpc) is 3.27. The van der Waals surface area contributed by atoms with E-state index < -0.39 is 0 Å². The second-order valence-electron chi connectivity index (χ2n) is 5.00. The molecule has 0 saturated heterocycles. The van der Waals surface area contributed by atoms with Crippen molar-refractivity contribution in [3.63, 3.8) is 0 Å². The van der Waals surface area contributed by atoms with Crippen LogP contribution in [0.25, 0.3) is 0 Å². The van der Waals surface area contributed by atoms with Crippen LogP contribution in [0.5, 0.6) is 0 Å². The number of nitrogens with zero attached hydrogens (tertiary/aromatic N) is 2. The van der Waals surface area contributed by atoms with Crippen molar-refractivity contribution in [3.8, 4) is 0 Å². The average molecular weight is 263 g/mol. The minimum absolute atomic E-state index is 0.0846. The maximum atomic E-state index is 12.1. The maximum absolute atomic E-state index is 12.1. The van der Waals surface area contributed by atoms with Gasteiger partial charge in [-0.3, -0.25) is 9.78 Å². The second kappa shape index (κ2) is 6.63. The van der Waals surface area contributed by atoms with Crippen LogP contribution in [-0.2, 0) is 11.3 Å². The molecule has 2 rings (SSSR count). The van der Waals surface area contributed by atoms with Gasteiger partial charge in [-0.1, -0.05) is 6.07 Å². The molecule has 1 aromatic rings. The molecule has 0 unspecified atom stereocenters. The summed E-state index contributed by atoms with van der Waals surface area (Å²) >= 11 is 0. The summed E-state index contributed by atoms with van der Waals surface area (Å²) in [6.45, 7) is 2.43. The van der Waals surface area contributed by atoms with Crippen LogP contribution in [0.4, 0.5) is 0 Å². The van der Waals surface area contributed by atoms with Gasteiger partial charge < -0.3 is 15.4 Å². The van der Waals surface area contributed by atoms with Crippen LogP contribution in [0.15, 0.2) is 18.3 Å². The third kappa shape index (κ3) is 4.29. The lowest BCUT2D eigenvalue weighted by molar-refractivity contribution is 0.0676. The highest BCUT2D eigenvalue weighted by Gasteiger charge is 2.21. The molecule has 1 aliphatic rings. The Morgan fingerprint density at radius 2 is 2.32 bits per heavy atom. The molecule has 104 valence electrons. The molecule has 0 atom stereocenters. The van der Waals surface area contributed by atoms with E-state index in [4.69, 9.17) is 10.5 Å². The number of aromatic nitrogens is 1. The number of likely N-dealkylation sites (N-methyl/N-ethyl adjacent to an activating group) is 1. The van der Waals surface area contributed by atoms with Gasteiger partial charge in [0.15, 0.2) is 0 Å². The van der Waals surface area contributed by atoms with Gasteiger partial charge in [-0.15, -0.1) is 0 Å². The third-order valence-electron chi connectivity index (χ3n) is 3.25. The van der Waals surface area contributed by atoms with Gasteiger partial charge in [0.1, 0.15) is 5.69 Å². The molecule has 0 radical (unpaired) electrons. The van der Waals surface area contributed by atoms with Crippen molar-refractivity contribution in [2.75, 3.05) is 26.8 Å². The zero-order chi connectivity index (χ0) is 13.7. The molecule has 2 N–H and O–H groups in total. The van der Waals surface area contributed by atoms with Gasteiger partial charge in [0.2, 0.25) is 0 Å². The van der Waals surface area contributed by atoms with Gasteiger partial charge in [-0.2, -0.15) is 0 Å². The fraction of sp³-hybridized carbons (Fsp3) is 0.571. The molecule has 1 amide bonds. The van der Waals surface area contributed by atoms with Crippen molar-refractivity contribution in [2.24, 2.45) is 11.7 Å². The second-order valence-corrected chi connectivity index (χ2v) is 5.00. The van der Waals surface area contributed by atoms with Gasteiger partial charge in [0.25, 0.3) is 5.91 Å². The Kier molecular flexibility index (Phi) is 4.87. The molecule has 1 aromatic heterocycles. The molecule has 1 aliphatic carbocycles. The minimum Gasteiger partial charge on any atom is -0.379 e. The first-order chi connectivity index (χ1) is 9.20. The maximum Gasteiger partial charge on any atom is 0.272 e. The third-order valence-corrected chi connectivity index (χ3v) is 3.25.